The van der Waals surface area contributed by atoms with E-state index in [-0.39, 0.29) is 17.7 Å². The fourth-order valence-corrected chi connectivity index (χ4v) is 2.78. The van der Waals surface area contributed by atoms with Crippen LogP contribution >= 0.6 is 0 Å². The van der Waals surface area contributed by atoms with Gasteiger partial charge in [-0.3, -0.25) is 4.79 Å². The number of fused-ring (bicyclic) bond motifs is 1. The Kier molecular flexibility index (Phi) is 3.46. The Balaban J connectivity index is 2.03. The van der Waals surface area contributed by atoms with Gasteiger partial charge in [0, 0.05) is 44.4 Å². The molecular formula is C15H19N3O2. The Bertz CT molecular complexity index is 680. The topological polar surface area (TPSA) is 55.3 Å². The van der Waals surface area contributed by atoms with Crippen molar-refractivity contribution in [2.24, 2.45) is 7.05 Å². The number of methoxy groups -OCH3 is 1. The third-order valence-corrected chi connectivity index (χ3v) is 3.96. The number of pyridine rings is 1. The van der Waals surface area contributed by atoms with E-state index in [1.54, 1.807) is 24.8 Å². The summed E-state index contributed by atoms with van der Waals surface area (Å²) in [5, 5.41) is 7.80. The molecule has 0 saturated carbocycles. The molecule has 0 radical (unpaired) electrons. The van der Waals surface area contributed by atoms with E-state index in [9.17, 15) is 4.79 Å². The van der Waals surface area contributed by atoms with Crippen molar-refractivity contribution in [1.82, 2.24) is 9.88 Å². The fourth-order valence-electron chi connectivity index (χ4n) is 2.78. The minimum absolute atomic E-state index is 0.00822. The number of aryl methyl sites for hydroxylation is 1. The molecule has 0 amide bonds. The van der Waals surface area contributed by atoms with Crippen molar-refractivity contribution in [3.63, 3.8) is 0 Å². The van der Waals surface area contributed by atoms with Crippen molar-refractivity contribution in [3.05, 3.63) is 40.7 Å². The van der Waals surface area contributed by atoms with E-state index < -0.39 is 0 Å². The molecule has 2 atom stereocenters. The van der Waals surface area contributed by atoms with E-state index in [1.165, 1.54) is 0 Å². The van der Waals surface area contributed by atoms with Gasteiger partial charge in [-0.1, -0.05) is 18.2 Å². The van der Waals surface area contributed by atoms with E-state index in [4.69, 9.17) is 4.74 Å². The number of nitrogens with one attached hydrogen (secondary N) is 2. The van der Waals surface area contributed by atoms with Crippen LogP contribution < -0.4 is 16.2 Å². The second kappa shape index (κ2) is 5.26. The lowest BCUT2D eigenvalue weighted by atomic mass is 10.1. The number of ether oxygens (including phenoxy) is 1. The molecule has 0 aliphatic carbocycles. The number of para-hydroxylation sites is 1. The molecule has 106 valence electrons. The van der Waals surface area contributed by atoms with Gasteiger partial charge in [0.05, 0.1) is 17.7 Å². The molecule has 0 bridgehead atoms. The summed E-state index contributed by atoms with van der Waals surface area (Å²) in [6.07, 6.45) is 0.123. The van der Waals surface area contributed by atoms with Crippen LogP contribution in [0, 0.1) is 0 Å². The number of nitrogens with zero attached hydrogens (tertiary/aromatic N) is 1. The maximum atomic E-state index is 12.1. The first-order valence-corrected chi connectivity index (χ1v) is 6.79. The summed E-state index contributed by atoms with van der Waals surface area (Å²) in [5.41, 5.74) is 1.80. The molecule has 2 N–H and O–H groups in total. The highest BCUT2D eigenvalue weighted by atomic mass is 16.5. The molecule has 1 aliphatic heterocycles. The van der Waals surface area contributed by atoms with Crippen molar-refractivity contribution >= 4 is 16.6 Å². The molecule has 5 nitrogen and oxygen atoms in total. The van der Waals surface area contributed by atoms with Crippen LogP contribution in [-0.4, -0.2) is 36.9 Å². The van der Waals surface area contributed by atoms with Crippen LogP contribution in [0.25, 0.3) is 10.9 Å². The molecule has 1 aromatic heterocycles. The number of hydrogen-bond acceptors (Lipinski definition) is 4. The number of benzene rings is 1. The Morgan fingerprint density at radius 3 is 2.95 bits per heavy atom. The molecule has 3 rings (SSSR count). The molecule has 1 saturated heterocycles. The summed E-state index contributed by atoms with van der Waals surface area (Å²) in [4.78, 5) is 12.1. The molecule has 2 heterocycles. The lowest BCUT2D eigenvalue weighted by Gasteiger charge is -2.21. The summed E-state index contributed by atoms with van der Waals surface area (Å²) in [6, 6.07) is 9.76. The summed E-state index contributed by atoms with van der Waals surface area (Å²) in [6.45, 7) is 1.67. The van der Waals surface area contributed by atoms with Gasteiger partial charge in [0.2, 0.25) is 0 Å². The number of aromatic nitrogens is 1. The summed E-state index contributed by atoms with van der Waals surface area (Å²) < 4.78 is 7.12. The van der Waals surface area contributed by atoms with Crippen LogP contribution in [0.15, 0.2) is 35.1 Å². The first-order chi connectivity index (χ1) is 9.70. The van der Waals surface area contributed by atoms with Crippen molar-refractivity contribution in [3.8, 4) is 0 Å². The summed E-state index contributed by atoms with van der Waals surface area (Å²) in [7, 11) is 3.51. The smallest absolute Gasteiger partial charge is 0.252 e. The molecule has 1 fully saturated rings. The predicted octanol–water partition coefficient (Wildman–Crippen LogP) is 0.937. The zero-order valence-corrected chi connectivity index (χ0v) is 11.7. The van der Waals surface area contributed by atoms with Crippen LogP contribution in [-0.2, 0) is 11.8 Å². The molecule has 5 heteroatoms. The standard InChI is InChI=1S/C15H19N3O2/c1-18-13-6-4-3-5-10(13)11(7-15(18)19)17-12-8-16-9-14(12)20-2/h3-7,12,14,16-17H,8-9H2,1-2H3/t12?,14-/m0/s1. The lowest BCUT2D eigenvalue weighted by Crippen LogP contribution is -2.34. The molecule has 0 spiro atoms. The van der Waals surface area contributed by atoms with E-state index in [0.717, 1.165) is 29.7 Å². The van der Waals surface area contributed by atoms with Crippen molar-refractivity contribution in [1.29, 1.82) is 0 Å². The monoisotopic (exact) mass is 273 g/mol. The predicted molar refractivity (Wildman–Crippen MR) is 80.3 cm³/mol. The third kappa shape index (κ3) is 2.19. The van der Waals surface area contributed by atoms with Gasteiger partial charge in [0.15, 0.2) is 0 Å². The van der Waals surface area contributed by atoms with Crippen molar-refractivity contribution in [2.75, 3.05) is 25.5 Å². The normalized spacial score (nSPS) is 22.3. The number of anilines is 1. The van der Waals surface area contributed by atoms with Crippen LogP contribution in [0.3, 0.4) is 0 Å². The van der Waals surface area contributed by atoms with E-state index in [2.05, 4.69) is 10.6 Å². The minimum Gasteiger partial charge on any atom is -0.378 e. The van der Waals surface area contributed by atoms with Crippen LogP contribution in [0.1, 0.15) is 0 Å². The van der Waals surface area contributed by atoms with Gasteiger partial charge in [-0.2, -0.15) is 0 Å². The Morgan fingerprint density at radius 1 is 1.35 bits per heavy atom. The SMILES string of the molecule is CO[C@H]1CNCC1Nc1cc(=O)n(C)c2ccccc12. The van der Waals surface area contributed by atoms with E-state index in [0.29, 0.717) is 0 Å². The molecule has 20 heavy (non-hydrogen) atoms. The van der Waals surface area contributed by atoms with Crippen molar-refractivity contribution in [2.45, 2.75) is 12.1 Å². The average Bonchev–Trinajstić information content (AvgIpc) is 2.92. The summed E-state index contributed by atoms with van der Waals surface area (Å²) >= 11 is 0. The van der Waals surface area contributed by atoms with Gasteiger partial charge in [0.25, 0.3) is 5.56 Å². The molecule has 1 aromatic carbocycles. The quantitative estimate of drug-likeness (QED) is 0.874. The number of rotatable bonds is 3. The van der Waals surface area contributed by atoms with Gasteiger partial charge in [-0.05, 0) is 6.07 Å². The maximum absolute atomic E-state index is 12.1. The Morgan fingerprint density at radius 2 is 2.15 bits per heavy atom. The van der Waals surface area contributed by atoms with Gasteiger partial charge in [-0.25, -0.2) is 0 Å². The van der Waals surface area contributed by atoms with E-state index >= 15 is 0 Å². The lowest BCUT2D eigenvalue weighted by molar-refractivity contribution is 0.112. The number of hydrogen-bond donors (Lipinski definition) is 2. The maximum Gasteiger partial charge on any atom is 0.252 e. The van der Waals surface area contributed by atoms with Crippen molar-refractivity contribution < 1.29 is 4.74 Å². The van der Waals surface area contributed by atoms with E-state index in [1.807, 2.05) is 24.3 Å². The van der Waals surface area contributed by atoms with Gasteiger partial charge in [-0.15, -0.1) is 0 Å². The first kappa shape index (κ1) is 13.1. The highest BCUT2D eigenvalue weighted by Gasteiger charge is 2.27. The highest BCUT2D eigenvalue weighted by Crippen LogP contribution is 2.22. The molecule has 1 aliphatic rings. The Hall–Kier alpha value is -1.85. The third-order valence-electron chi connectivity index (χ3n) is 3.96. The van der Waals surface area contributed by atoms with Crippen LogP contribution in [0.2, 0.25) is 0 Å². The zero-order valence-electron chi connectivity index (χ0n) is 11.7. The summed E-state index contributed by atoms with van der Waals surface area (Å²) in [5.74, 6) is 0. The zero-order chi connectivity index (χ0) is 14.1. The molecule has 1 unspecified atom stereocenters. The largest absolute Gasteiger partial charge is 0.378 e. The second-order valence-corrected chi connectivity index (χ2v) is 5.16. The molecular weight excluding hydrogens is 254 g/mol. The van der Waals surface area contributed by atoms with Crippen LogP contribution in [0.4, 0.5) is 5.69 Å². The van der Waals surface area contributed by atoms with Gasteiger partial charge in [0.1, 0.15) is 0 Å². The average molecular weight is 273 g/mol. The molecule has 2 aromatic rings. The Labute approximate surface area is 117 Å². The highest BCUT2D eigenvalue weighted by molar-refractivity contribution is 5.91. The minimum atomic E-state index is -0.00822. The van der Waals surface area contributed by atoms with Gasteiger partial charge >= 0.3 is 0 Å². The fraction of sp³-hybridized carbons (Fsp3) is 0.400. The van der Waals surface area contributed by atoms with Gasteiger partial charge < -0.3 is 19.9 Å². The first-order valence-electron chi connectivity index (χ1n) is 6.79. The second-order valence-electron chi connectivity index (χ2n) is 5.16. The van der Waals surface area contributed by atoms with Crippen LogP contribution in [0.5, 0.6) is 0 Å².